The van der Waals surface area contributed by atoms with Gasteiger partial charge in [-0.15, -0.1) is 11.3 Å². The summed E-state index contributed by atoms with van der Waals surface area (Å²) >= 11 is 1.63. The molecule has 0 aliphatic carbocycles. The Balaban J connectivity index is 1.61. The molecule has 2 aliphatic heterocycles. The summed E-state index contributed by atoms with van der Waals surface area (Å²) in [5.74, 6) is -0.833. The van der Waals surface area contributed by atoms with Crippen LogP contribution in [0, 0.1) is 0 Å². The molecule has 2 saturated heterocycles. The Morgan fingerprint density at radius 2 is 2.33 bits per heavy atom. The minimum atomic E-state index is -0.974. The molecule has 0 unspecified atom stereocenters. The van der Waals surface area contributed by atoms with Crippen molar-refractivity contribution in [3.05, 3.63) is 22.4 Å². The third-order valence-corrected chi connectivity index (χ3v) is 5.88. The van der Waals surface area contributed by atoms with Crippen molar-refractivity contribution in [2.75, 3.05) is 19.7 Å². The van der Waals surface area contributed by atoms with Gasteiger partial charge in [0.15, 0.2) is 0 Å². The maximum Gasteiger partial charge on any atom is 0.344 e. The molecular weight excluding hydrogens is 368 g/mol. The first-order valence-corrected chi connectivity index (χ1v) is 10.1. The number of nitrogens with zero attached hydrogens (tertiary/aromatic N) is 2. The van der Waals surface area contributed by atoms with Gasteiger partial charge < -0.3 is 10.1 Å². The Labute approximate surface area is 162 Å². The number of amides is 4. The number of carbonyl (C=O) groups is 3. The number of hydrogen-bond acceptors (Lipinski definition) is 6. The van der Waals surface area contributed by atoms with E-state index in [4.69, 9.17) is 4.74 Å². The van der Waals surface area contributed by atoms with Gasteiger partial charge in [-0.1, -0.05) is 13.0 Å². The number of ether oxygens (including phenoxy) is 1. The molecule has 4 amide bonds. The van der Waals surface area contributed by atoms with Gasteiger partial charge in [-0.25, -0.2) is 4.79 Å². The van der Waals surface area contributed by atoms with Gasteiger partial charge in [0, 0.05) is 24.6 Å². The van der Waals surface area contributed by atoms with E-state index in [-0.39, 0.29) is 12.6 Å². The lowest BCUT2D eigenvalue weighted by molar-refractivity contribution is -0.139. The minimum absolute atomic E-state index is 0.0810. The van der Waals surface area contributed by atoms with Gasteiger partial charge in [-0.2, -0.15) is 5.01 Å². The van der Waals surface area contributed by atoms with Crippen LogP contribution in [0.25, 0.3) is 0 Å². The van der Waals surface area contributed by atoms with Crippen molar-refractivity contribution in [3.8, 4) is 0 Å². The quantitative estimate of drug-likeness (QED) is 0.652. The fourth-order valence-corrected chi connectivity index (χ4v) is 4.02. The molecule has 3 heterocycles. The van der Waals surface area contributed by atoms with Gasteiger partial charge in [-0.05, 0) is 37.6 Å². The van der Waals surface area contributed by atoms with E-state index in [2.05, 4.69) is 10.7 Å². The number of hydrazine groups is 1. The molecule has 0 saturated carbocycles. The fourth-order valence-electron chi connectivity index (χ4n) is 3.27. The van der Waals surface area contributed by atoms with Crippen molar-refractivity contribution < 1.29 is 19.1 Å². The van der Waals surface area contributed by atoms with Gasteiger partial charge in [0.2, 0.25) is 0 Å². The molecule has 1 aromatic heterocycles. The number of hydrogen-bond donors (Lipinski definition) is 2. The molecule has 0 spiro atoms. The summed E-state index contributed by atoms with van der Waals surface area (Å²) in [5, 5.41) is 5.42. The van der Waals surface area contributed by atoms with Crippen LogP contribution in [-0.2, 0) is 20.9 Å². The second kappa shape index (κ2) is 8.37. The van der Waals surface area contributed by atoms with Gasteiger partial charge in [-0.3, -0.25) is 19.9 Å². The van der Waals surface area contributed by atoms with Crippen LogP contribution in [-0.4, -0.2) is 59.1 Å². The molecule has 2 N–H and O–H groups in total. The number of carbonyl (C=O) groups excluding carboxylic acids is 3. The molecular formula is C18H26N4O4S. The molecule has 9 heteroatoms. The maximum absolute atomic E-state index is 12.5. The molecule has 3 rings (SSSR count). The zero-order valence-corrected chi connectivity index (χ0v) is 16.5. The zero-order valence-electron chi connectivity index (χ0n) is 15.7. The average Bonchev–Trinajstić information content (AvgIpc) is 3.35. The summed E-state index contributed by atoms with van der Waals surface area (Å²) in [5.41, 5.74) is 1.48. The highest BCUT2D eigenvalue weighted by Crippen LogP contribution is 2.20. The van der Waals surface area contributed by atoms with E-state index >= 15 is 0 Å². The molecule has 1 aromatic rings. The Kier molecular flexibility index (Phi) is 6.13. The highest BCUT2D eigenvalue weighted by Gasteiger charge is 2.47. The molecule has 0 bridgehead atoms. The molecule has 8 nitrogen and oxygen atoms in total. The van der Waals surface area contributed by atoms with Crippen molar-refractivity contribution in [2.45, 2.75) is 51.3 Å². The average molecular weight is 394 g/mol. The summed E-state index contributed by atoms with van der Waals surface area (Å²) in [4.78, 5) is 40.2. The highest BCUT2D eigenvalue weighted by atomic mass is 32.1. The van der Waals surface area contributed by atoms with Crippen LogP contribution < -0.4 is 10.7 Å². The Morgan fingerprint density at radius 1 is 1.52 bits per heavy atom. The predicted octanol–water partition coefficient (Wildman–Crippen LogP) is 1.48. The molecule has 148 valence electrons. The number of nitrogens with one attached hydrogen (secondary N) is 2. The van der Waals surface area contributed by atoms with E-state index in [1.165, 1.54) is 0 Å². The Hall–Kier alpha value is -1.97. The van der Waals surface area contributed by atoms with Gasteiger partial charge in [0.25, 0.3) is 11.8 Å². The lowest BCUT2D eigenvalue weighted by atomic mass is 10.00. The van der Waals surface area contributed by atoms with Gasteiger partial charge in [0.1, 0.15) is 5.54 Å². The lowest BCUT2D eigenvalue weighted by Gasteiger charge is -2.25. The molecule has 2 atom stereocenters. The summed E-state index contributed by atoms with van der Waals surface area (Å²) in [6, 6.07) is 3.40. The van der Waals surface area contributed by atoms with E-state index in [0.29, 0.717) is 19.5 Å². The van der Waals surface area contributed by atoms with Crippen LogP contribution in [0.15, 0.2) is 17.5 Å². The standard InChI is InChI=1S/C18H26N4O4S/c1-3-18(2)16(24)22(17(25)19-18)20-15(23)12-21(10-13-6-4-8-26-13)11-14-7-5-9-27-14/h5,7,9,13H,3-4,6,8,10-12H2,1-2H3,(H,19,25)(H,20,23)/t13-,18+/m0/s1. The normalized spacial score (nSPS) is 25.3. The van der Waals surface area contributed by atoms with E-state index in [0.717, 1.165) is 29.3 Å². The van der Waals surface area contributed by atoms with Crippen LogP contribution in [0.3, 0.4) is 0 Å². The molecule has 2 fully saturated rings. The summed E-state index contributed by atoms with van der Waals surface area (Å²) in [6.45, 7) is 5.56. The van der Waals surface area contributed by atoms with E-state index in [1.54, 1.807) is 18.3 Å². The lowest BCUT2D eigenvalue weighted by Crippen LogP contribution is -2.51. The largest absolute Gasteiger partial charge is 0.377 e. The highest BCUT2D eigenvalue weighted by molar-refractivity contribution is 7.09. The van der Waals surface area contributed by atoms with Crippen molar-refractivity contribution in [1.82, 2.24) is 20.7 Å². The minimum Gasteiger partial charge on any atom is -0.377 e. The van der Waals surface area contributed by atoms with Gasteiger partial charge >= 0.3 is 6.03 Å². The van der Waals surface area contributed by atoms with Crippen LogP contribution in [0.5, 0.6) is 0 Å². The molecule has 27 heavy (non-hydrogen) atoms. The number of thiophene rings is 1. The van der Waals surface area contributed by atoms with E-state index in [1.807, 2.05) is 29.3 Å². The van der Waals surface area contributed by atoms with Crippen LogP contribution in [0.2, 0.25) is 0 Å². The Morgan fingerprint density at radius 3 is 2.93 bits per heavy atom. The fraction of sp³-hybridized carbons (Fsp3) is 0.611. The second-order valence-corrected chi connectivity index (χ2v) is 8.21. The number of urea groups is 1. The topological polar surface area (TPSA) is 91.0 Å². The van der Waals surface area contributed by atoms with Crippen LogP contribution in [0.4, 0.5) is 4.79 Å². The monoisotopic (exact) mass is 394 g/mol. The third kappa shape index (κ3) is 4.66. The number of imide groups is 1. The third-order valence-electron chi connectivity index (χ3n) is 5.02. The van der Waals surface area contributed by atoms with Crippen LogP contribution in [0.1, 0.15) is 38.0 Å². The summed E-state index contributed by atoms with van der Waals surface area (Å²) in [7, 11) is 0. The maximum atomic E-state index is 12.5. The summed E-state index contributed by atoms with van der Waals surface area (Å²) in [6.07, 6.45) is 2.57. The van der Waals surface area contributed by atoms with Crippen molar-refractivity contribution in [2.24, 2.45) is 0 Å². The van der Waals surface area contributed by atoms with Crippen molar-refractivity contribution >= 4 is 29.2 Å². The number of rotatable bonds is 8. The molecule has 2 aliphatic rings. The SMILES string of the molecule is CC[C@@]1(C)NC(=O)N(NC(=O)CN(Cc2cccs2)C[C@@H]2CCCO2)C1=O. The Bertz CT molecular complexity index is 690. The second-order valence-electron chi connectivity index (χ2n) is 7.18. The van der Waals surface area contributed by atoms with Crippen LogP contribution >= 0.6 is 11.3 Å². The van der Waals surface area contributed by atoms with E-state index in [9.17, 15) is 14.4 Å². The zero-order chi connectivity index (χ0) is 19.4. The molecule has 0 radical (unpaired) electrons. The summed E-state index contributed by atoms with van der Waals surface area (Å²) < 4.78 is 5.69. The molecule has 0 aromatic carbocycles. The predicted molar refractivity (Wildman–Crippen MR) is 101 cm³/mol. The smallest absolute Gasteiger partial charge is 0.344 e. The first-order valence-electron chi connectivity index (χ1n) is 9.24. The van der Waals surface area contributed by atoms with Gasteiger partial charge in [0.05, 0.1) is 12.6 Å². The van der Waals surface area contributed by atoms with Crippen molar-refractivity contribution in [1.29, 1.82) is 0 Å². The first-order chi connectivity index (χ1) is 12.9. The first kappa shape index (κ1) is 19.8. The van der Waals surface area contributed by atoms with Crippen molar-refractivity contribution in [3.63, 3.8) is 0 Å². The van der Waals surface area contributed by atoms with E-state index < -0.39 is 23.4 Å².